The van der Waals surface area contributed by atoms with Crippen molar-refractivity contribution in [2.45, 2.75) is 17.8 Å². The van der Waals surface area contributed by atoms with Crippen LogP contribution in [0.4, 0.5) is 0 Å². The lowest BCUT2D eigenvalue weighted by atomic mass is 9.66. The Kier molecular flexibility index (Phi) is 3.66. The summed E-state index contributed by atoms with van der Waals surface area (Å²) in [7, 11) is 0. The molecule has 0 radical (unpaired) electrons. The van der Waals surface area contributed by atoms with Gasteiger partial charge in [0.1, 0.15) is 0 Å². The lowest BCUT2D eigenvalue weighted by molar-refractivity contribution is 0.693. The highest BCUT2D eigenvalue weighted by Gasteiger charge is 2.50. The van der Waals surface area contributed by atoms with Gasteiger partial charge in [0.2, 0.25) is 0 Å². The molecule has 2 aliphatic carbocycles. The van der Waals surface area contributed by atoms with Crippen molar-refractivity contribution in [3.8, 4) is 0 Å². The summed E-state index contributed by atoms with van der Waals surface area (Å²) >= 11 is 0. The molecule has 0 saturated heterocycles. The van der Waals surface area contributed by atoms with Crippen LogP contribution < -0.4 is 0 Å². The van der Waals surface area contributed by atoms with Crippen LogP contribution in [0.15, 0.2) is 121 Å². The topological polar surface area (TPSA) is 15.8 Å². The molecule has 1 heteroatoms. The predicted molar refractivity (Wildman–Crippen MR) is 133 cm³/mol. The molecular formula is C31H23N. The SMILES string of the molecule is C1=CCC2C(=C1)C(c1ccccc1)(c1ccccc1)c1cc3[nH]c4ccccc4c3cc12. The van der Waals surface area contributed by atoms with Crippen LogP contribution in [-0.2, 0) is 5.41 Å². The Morgan fingerprint density at radius 2 is 1.38 bits per heavy atom. The van der Waals surface area contributed by atoms with E-state index in [1.165, 1.54) is 49.6 Å². The van der Waals surface area contributed by atoms with Gasteiger partial charge in [-0.05, 0) is 52.4 Å². The molecule has 1 aromatic heterocycles. The van der Waals surface area contributed by atoms with Gasteiger partial charge in [-0.2, -0.15) is 0 Å². The quantitative estimate of drug-likeness (QED) is 0.308. The van der Waals surface area contributed by atoms with E-state index in [2.05, 4.69) is 120 Å². The minimum absolute atomic E-state index is 0.279. The number of aromatic nitrogens is 1. The molecule has 0 fully saturated rings. The second-order valence-corrected chi connectivity index (χ2v) is 8.98. The second-order valence-electron chi connectivity index (χ2n) is 8.98. The number of H-pyrrole nitrogens is 1. The van der Waals surface area contributed by atoms with Crippen molar-refractivity contribution in [1.82, 2.24) is 4.98 Å². The average molecular weight is 410 g/mol. The van der Waals surface area contributed by atoms with E-state index in [9.17, 15) is 0 Å². The van der Waals surface area contributed by atoms with Gasteiger partial charge in [-0.15, -0.1) is 0 Å². The lowest BCUT2D eigenvalue weighted by Crippen LogP contribution is -2.29. The number of para-hydroxylation sites is 1. The Labute approximate surface area is 187 Å². The molecule has 0 saturated carbocycles. The lowest BCUT2D eigenvalue weighted by Gasteiger charge is -2.35. The summed E-state index contributed by atoms with van der Waals surface area (Å²) in [6, 6.07) is 35.7. The van der Waals surface area contributed by atoms with Gasteiger partial charge >= 0.3 is 0 Å². The number of benzene rings is 4. The zero-order chi connectivity index (χ0) is 21.1. The molecular weight excluding hydrogens is 386 g/mol. The van der Waals surface area contributed by atoms with E-state index in [-0.39, 0.29) is 5.41 Å². The Morgan fingerprint density at radius 1 is 0.688 bits per heavy atom. The summed E-state index contributed by atoms with van der Waals surface area (Å²) in [5.74, 6) is 0.397. The standard InChI is InChI=1S/C31H23N/c1-3-11-21(12-4-1)31(22-13-5-2-6-14-22)27-17-9-7-15-23(27)25-19-26-24-16-8-10-18-29(24)32-30(26)20-28(25)31/h1-14,16-20,23,32H,15H2. The van der Waals surface area contributed by atoms with Gasteiger partial charge < -0.3 is 4.98 Å². The zero-order valence-electron chi connectivity index (χ0n) is 17.8. The van der Waals surface area contributed by atoms with E-state index in [0.717, 1.165) is 6.42 Å². The van der Waals surface area contributed by atoms with Crippen LogP contribution in [0.3, 0.4) is 0 Å². The zero-order valence-corrected chi connectivity index (χ0v) is 17.8. The molecule has 32 heavy (non-hydrogen) atoms. The van der Waals surface area contributed by atoms with Crippen LogP contribution in [0.25, 0.3) is 21.8 Å². The van der Waals surface area contributed by atoms with Gasteiger partial charge in [0, 0.05) is 27.7 Å². The van der Waals surface area contributed by atoms with Gasteiger partial charge in [-0.1, -0.05) is 97.1 Å². The third-order valence-electron chi connectivity index (χ3n) is 7.46. The van der Waals surface area contributed by atoms with Gasteiger partial charge in [0.05, 0.1) is 5.41 Å². The van der Waals surface area contributed by atoms with Crippen LogP contribution in [0.1, 0.15) is 34.6 Å². The van der Waals surface area contributed by atoms with Crippen molar-refractivity contribution in [3.63, 3.8) is 0 Å². The predicted octanol–water partition coefficient (Wildman–Crippen LogP) is 7.64. The third kappa shape index (κ3) is 2.23. The summed E-state index contributed by atoms with van der Waals surface area (Å²) in [4.78, 5) is 3.69. The Bertz CT molecular complexity index is 1490. The second kappa shape index (κ2) is 6.58. The summed E-state index contributed by atoms with van der Waals surface area (Å²) < 4.78 is 0. The van der Waals surface area contributed by atoms with E-state index < -0.39 is 0 Å². The van der Waals surface area contributed by atoms with Gasteiger partial charge in [-0.3, -0.25) is 0 Å². The van der Waals surface area contributed by atoms with Crippen molar-refractivity contribution in [2.24, 2.45) is 0 Å². The minimum Gasteiger partial charge on any atom is -0.355 e. The first-order valence-corrected chi connectivity index (χ1v) is 11.4. The molecule has 1 atom stereocenters. The molecule has 1 N–H and O–H groups in total. The minimum atomic E-state index is -0.279. The molecule has 0 bridgehead atoms. The van der Waals surface area contributed by atoms with Crippen molar-refractivity contribution in [1.29, 1.82) is 0 Å². The number of aromatic amines is 1. The fourth-order valence-electron chi connectivity index (χ4n) is 6.18. The number of nitrogens with one attached hydrogen (secondary N) is 1. The van der Waals surface area contributed by atoms with Gasteiger partial charge in [0.15, 0.2) is 0 Å². The number of fused-ring (bicyclic) bond motifs is 6. The number of rotatable bonds is 2. The molecule has 0 spiro atoms. The molecule has 1 heterocycles. The summed E-state index contributed by atoms with van der Waals surface area (Å²) in [6.45, 7) is 0. The first-order valence-electron chi connectivity index (χ1n) is 11.4. The smallest absolute Gasteiger partial charge is 0.0674 e. The first kappa shape index (κ1) is 17.8. The van der Waals surface area contributed by atoms with E-state index in [4.69, 9.17) is 0 Å². The van der Waals surface area contributed by atoms with Crippen molar-refractivity contribution in [2.75, 3.05) is 0 Å². The normalized spacial score (nSPS) is 18.5. The largest absolute Gasteiger partial charge is 0.355 e. The van der Waals surface area contributed by atoms with Crippen molar-refractivity contribution in [3.05, 3.63) is 143 Å². The Balaban J connectivity index is 1.65. The van der Waals surface area contributed by atoms with Crippen LogP contribution >= 0.6 is 0 Å². The maximum Gasteiger partial charge on any atom is 0.0674 e. The Morgan fingerprint density at radius 3 is 2.12 bits per heavy atom. The van der Waals surface area contributed by atoms with Crippen LogP contribution in [-0.4, -0.2) is 4.98 Å². The maximum absolute atomic E-state index is 3.69. The summed E-state index contributed by atoms with van der Waals surface area (Å²) in [5.41, 5.74) is 9.19. The average Bonchev–Trinajstić information content (AvgIpc) is 3.37. The highest BCUT2D eigenvalue weighted by molar-refractivity contribution is 6.08. The molecule has 0 amide bonds. The van der Waals surface area contributed by atoms with E-state index in [0.29, 0.717) is 5.92 Å². The van der Waals surface area contributed by atoms with Crippen LogP contribution in [0.5, 0.6) is 0 Å². The molecule has 2 aliphatic rings. The fraction of sp³-hybridized carbons (Fsp3) is 0.0968. The van der Waals surface area contributed by atoms with E-state index in [1.807, 2.05) is 0 Å². The molecule has 1 nitrogen and oxygen atoms in total. The molecule has 7 rings (SSSR count). The van der Waals surface area contributed by atoms with Gasteiger partial charge in [-0.25, -0.2) is 0 Å². The monoisotopic (exact) mass is 409 g/mol. The maximum atomic E-state index is 3.69. The van der Waals surface area contributed by atoms with Crippen molar-refractivity contribution >= 4 is 21.8 Å². The number of hydrogen-bond acceptors (Lipinski definition) is 0. The molecule has 5 aromatic rings. The molecule has 152 valence electrons. The number of hydrogen-bond donors (Lipinski definition) is 1. The van der Waals surface area contributed by atoms with Gasteiger partial charge in [0.25, 0.3) is 0 Å². The highest BCUT2D eigenvalue weighted by atomic mass is 14.7. The van der Waals surface area contributed by atoms with Crippen LogP contribution in [0.2, 0.25) is 0 Å². The summed E-state index contributed by atoms with van der Waals surface area (Å²) in [6.07, 6.45) is 8.00. The van der Waals surface area contributed by atoms with Crippen molar-refractivity contribution < 1.29 is 0 Å². The number of allylic oxidation sites excluding steroid dienone is 4. The fourth-order valence-corrected chi connectivity index (χ4v) is 6.18. The van der Waals surface area contributed by atoms with E-state index in [1.54, 1.807) is 0 Å². The van der Waals surface area contributed by atoms with E-state index >= 15 is 0 Å². The first-order chi connectivity index (χ1) is 15.9. The highest BCUT2D eigenvalue weighted by Crippen LogP contribution is 2.60. The molecule has 4 aromatic carbocycles. The Hall–Kier alpha value is -3.84. The van der Waals surface area contributed by atoms with Crippen LogP contribution in [0, 0.1) is 0 Å². The summed E-state index contributed by atoms with van der Waals surface area (Å²) in [5, 5.41) is 2.63. The molecule has 0 aliphatic heterocycles. The molecule has 1 unspecified atom stereocenters. The third-order valence-corrected chi connectivity index (χ3v) is 7.46.